The molecule has 0 aliphatic rings. The Labute approximate surface area is 185 Å². The van der Waals surface area contributed by atoms with Crippen molar-refractivity contribution < 1.29 is 9.53 Å². The Kier molecular flexibility index (Phi) is 5.91. The molecule has 0 spiro atoms. The van der Waals surface area contributed by atoms with Gasteiger partial charge in [-0.1, -0.05) is 31.5 Å². The van der Waals surface area contributed by atoms with Crippen molar-refractivity contribution in [2.75, 3.05) is 11.9 Å². The number of nitrogens with one attached hydrogen (secondary N) is 1. The lowest BCUT2D eigenvalue weighted by Crippen LogP contribution is -2.13. The summed E-state index contributed by atoms with van der Waals surface area (Å²) >= 11 is 5.96. The number of fused-ring (bicyclic) bond motifs is 1. The number of aromatic nitrogens is 3. The zero-order valence-electron chi connectivity index (χ0n) is 17.6. The fraction of sp³-hybridized carbons (Fsp3) is 0.208. The summed E-state index contributed by atoms with van der Waals surface area (Å²) in [6.45, 7) is 6.69. The summed E-state index contributed by atoms with van der Waals surface area (Å²) in [5, 5.41) is 12.7. The molecular formula is C24H23ClN4O2. The number of anilines is 1. The highest BCUT2D eigenvalue weighted by molar-refractivity contribution is 6.30. The molecule has 7 heteroatoms. The van der Waals surface area contributed by atoms with Crippen molar-refractivity contribution in [1.82, 2.24) is 15.0 Å². The third kappa shape index (κ3) is 4.86. The number of halogens is 1. The van der Waals surface area contributed by atoms with Crippen molar-refractivity contribution in [2.24, 2.45) is 5.92 Å². The first-order valence-electron chi connectivity index (χ1n) is 10.1. The van der Waals surface area contributed by atoms with Gasteiger partial charge in [0.05, 0.1) is 12.3 Å². The lowest BCUT2D eigenvalue weighted by Gasteiger charge is -2.11. The molecular weight excluding hydrogens is 412 g/mol. The number of carbonyl (C=O) groups excluding carboxylic acids is 1. The molecule has 6 nitrogen and oxygen atoms in total. The highest BCUT2D eigenvalue weighted by Gasteiger charge is 2.13. The SMILES string of the molecule is Cc1cc2nn(-c3ccc(Cl)cc3)nc2cc1NC(=O)c1cccc(OCC(C)C)c1. The van der Waals surface area contributed by atoms with Crippen LogP contribution in [0.1, 0.15) is 29.8 Å². The van der Waals surface area contributed by atoms with Crippen molar-refractivity contribution in [1.29, 1.82) is 0 Å². The molecule has 4 rings (SSSR count). The van der Waals surface area contributed by atoms with Crippen molar-refractivity contribution in [3.63, 3.8) is 0 Å². The molecule has 0 fully saturated rings. The van der Waals surface area contributed by atoms with Crippen LogP contribution in [0.2, 0.25) is 5.02 Å². The molecule has 0 unspecified atom stereocenters. The van der Waals surface area contributed by atoms with Crippen LogP contribution >= 0.6 is 11.6 Å². The fourth-order valence-corrected chi connectivity index (χ4v) is 3.20. The molecule has 31 heavy (non-hydrogen) atoms. The molecule has 3 aromatic carbocycles. The first kappa shape index (κ1) is 20.9. The van der Waals surface area contributed by atoms with Crippen LogP contribution in [0.25, 0.3) is 16.7 Å². The van der Waals surface area contributed by atoms with Gasteiger partial charge < -0.3 is 10.1 Å². The van der Waals surface area contributed by atoms with Crippen molar-refractivity contribution in [3.8, 4) is 11.4 Å². The van der Waals surface area contributed by atoms with Gasteiger partial charge in [-0.2, -0.15) is 4.80 Å². The smallest absolute Gasteiger partial charge is 0.255 e. The Morgan fingerprint density at radius 1 is 1.06 bits per heavy atom. The maximum Gasteiger partial charge on any atom is 0.255 e. The van der Waals surface area contributed by atoms with Gasteiger partial charge in [0.1, 0.15) is 16.8 Å². The number of rotatable bonds is 6. The van der Waals surface area contributed by atoms with E-state index in [0.717, 1.165) is 16.8 Å². The van der Waals surface area contributed by atoms with Crippen LogP contribution in [0, 0.1) is 12.8 Å². The van der Waals surface area contributed by atoms with Gasteiger partial charge in [-0.25, -0.2) is 0 Å². The largest absolute Gasteiger partial charge is 0.493 e. The normalized spacial score (nSPS) is 11.1. The summed E-state index contributed by atoms with van der Waals surface area (Å²) in [6.07, 6.45) is 0. The highest BCUT2D eigenvalue weighted by Crippen LogP contribution is 2.24. The van der Waals surface area contributed by atoms with Gasteiger partial charge >= 0.3 is 0 Å². The Bertz CT molecular complexity index is 1230. The monoisotopic (exact) mass is 434 g/mol. The van der Waals surface area contributed by atoms with Crippen LogP contribution in [0.15, 0.2) is 60.7 Å². The Morgan fingerprint density at radius 2 is 1.77 bits per heavy atom. The van der Waals surface area contributed by atoms with Crippen molar-refractivity contribution in [3.05, 3.63) is 76.8 Å². The van der Waals surface area contributed by atoms with E-state index in [1.165, 1.54) is 0 Å². The molecule has 1 heterocycles. The van der Waals surface area contributed by atoms with Crippen LogP contribution in [0.3, 0.4) is 0 Å². The van der Waals surface area contributed by atoms with E-state index < -0.39 is 0 Å². The van der Waals surface area contributed by atoms with Crippen LogP contribution < -0.4 is 10.1 Å². The van der Waals surface area contributed by atoms with E-state index in [-0.39, 0.29) is 5.91 Å². The number of aryl methyl sites for hydroxylation is 1. The summed E-state index contributed by atoms with van der Waals surface area (Å²) in [5.41, 5.74) is 4.36. The summed E-state index contributed by atoms with van der Waals surface area (Å²) < 4.78 is 5.73. The van der Waals surface area contributed by atoms with E-state index in [0.29, 0.717) is 40.1 Å². The zero-order valence-corrected chi connectivity index (χ0v) is 18.3. The van der Waals surface area contributed by atoms with E-state index in [9.17, 15) is 4.79 Å². The van der Waals surface area contributed by atoms with Gasteiger partial charge in [0, 0.05) is 16.3 Å². The Hall–Kier alpha value is -3.38. The maximum absolute atomic E-state index is 12.8. The Morgan fingerprint density at radius 3 is 2.48 bits per heavy atom. The van der Waals surface area contributed by atoms with Crippen molar-refractivity contribution in [2.45, 2.75) is 20.8 Å². The summed E-state index contributed by atoms with van der Waals surface area (Å²) in [6, 6.07) is 18.2. The lowest BCUT2D eigenvalue weighted by molar-refractivity contribution is 0.102. The Balaban J connectivity index is 1.57. The highest BCUT2D eigenvalue weighted by atomic mass is 35.5. The van der Waals surface area contributed by atoms with E-state index in [4.69, 9.17) is 16.3 Å². The van der Waals surface area contributed by atoms with Gasteiger partial charge in [-0.3, -0.25) is 4.79 Å². The van der Waals surface area contributed by atoms with Gasteiger partial charge in [0.15, 0.2) is 0 Å². The number of carbonyl (C=O) groups is 1. The van der Waals surface area contributed by atoms with E-state index in [1.54, 1.807) is 29.1 Å². The average molecular weight is 435 g/mol. The molecule has 1 N–H and O–H groups in total. The molecule has 0 aliphatic carbocycles. The third-order valence-corrected chi connectivity index (χ3v) is 4.96. The van der Waals surface area contributed by atoms with Gasteiger partial charge in [-0.05, 0) is 73.0 Å². The van der Waals surface area contributed by atoms with E-state index >= 15 is 0 Å². The number of hydrogen-bond donors (Lipinski definition) is 1. The predicted octanol–water partition coefficient (Wildman–Crippen LogP) is 5.67. The second-order valence-corrected chi connectivity index (χ2v) is 8.24. The number of amides is 1. The number of benzene rings is 3. The van der Waals surface area contributed by atoms with Crippen LogP contribution in [-0.4, -0.2) is 27.5 Å². The number of nitrogens with zero attached hydrogens (tertiary/aromatic N) is 3. The molecule has 0 bridgehead atoms. The molecule has 0 radical (unpaired) electrons. The molecule has 0 saturated carbocycles. The number of ether oxygens (including phenoxy) is 1. The van der Waals surface area contributed by atoms with Gasteiger partial charge in [0.25, 0.3) is 5.91 Å². The zero-order chi connectivity index (χ0) is 22.0. The number of hydrogen-bond acceptors (Lipinski definition) is 4. The summed E-state index contributed by atoms with van der Waals surface area (Å²) in [5.74, 6) is 0.884. The quantitative estimate of drug-likeness (QED) is 0.424. The first-order chi connectivity index (χ1) is 14.9. The predicted molar refractivity (Wildman–Crippen MR) is 123 cm³/mol. The molecule has 158 valence electrons. The molecule has 1 amide bonds. The molecule has 0 saturated heterocycles. The summed E-state index contributed by atoms with van der Waals surface area (Å²) in [7, 11) is 0. The minimum Gasteiger partial charge on any atom is -0.493 e. The summed E-state index contributed by atoms with van der Waals surface area (Å²) in [4.78, 5) is 14.4. The minimum absolute atomic E-state index is 0.206. The van der Waals surface area contributed by atoms with Crippen LogP contribution in [0.4, 0.5) is 5.69 Å². The molecule has 1 aromatic heterocycles. The van der Waals surface area contributed by atoms with Crippen LogP contribution in [0.5, 0.6) is 5.75 Å². The standard InChI is InChI=1S/C24H23ClN4O2/c1-15(2)14-31-20-6-4-5-17(12-20)24(30)26-21-13-23-22(11-16(21)3)27-29(28-23)19-9-7-18(25)8-10-19/h4-13,15H,14H2,1-3H3,(H,26,30). The van der Waals surface area contributed by atoms with Crippen molar-refractivity contribution >= 4 is 34.2 Å². The fourth-order valence-electron chi connectivity index (χ4n) is 3.08. The van der Waals surface area contributed by atoms with E-state index in [2.05, 4.69) is 29.4 Å². The molecule has 0 aliphatic heterocycles. The topological polar surface area (TPSA) is 69.0 Å². The van der Waals surface area contributed by atoms with Gasteiger partial charge in [0.2, 0.25) is 0 Å². The van der Waals surface area contributed by atoms with Gasteiger partial charge in [-0.15, -0.1) is 10.2 Å². The molecule has 0 atom stereocenters. The molecule has 4 aromatic rings. The third-order valence-electron chi connectivity index (χ3n) is 4.71. The second-order valence-electron chi connectivity index (χ2n) is 7.81. The minimum atomic E-state index is -0.206. The van der Waals surface area contributed by atoms with E-state index in [1.807, 2.05) is 43.3 Å². The lowest BCUT2D eigenvalue weighted by atomic mass is 10.1. The second kappa shape index (κ2) is 8.78. The first-order valence-corrected chi connectivity index (χ1v) is 10.4. The van der Waals surface area contributed by atoms with Crippen LogP contribution in [-0.2, 0) is 0 Å². The maximum atomic E-state index is 12.8. The average Bonchev–Trinajstić information content (AvgIpc) is 3.15.